The lowest BCUT2D eigenvalue weighted by Crippen LogP contribution is -2.52. The van der Waals surface area contributed by atoms with Gasteiger partial charge in [0.25, 0.3) is 0 Å². The minimum Gasteiger partial charge on any atom is -0.298 e. The van der Waals surface area contributed by atoms with Crippen LogP contribution < -0.4 is 0 Å². The van der Waals surface area contributed by atoms with Gasteiger partial charge in [0.15, 0.2) is 0 Å². The van der Waals surface area contributed by atoms with Crippen molar-refractivity contribution in [1.82, 2.24) is 0 Å². The second kappa shape index (κ2) is 2.13. The van der Waals surface area contributed by atoms with Gasteiger partial charge in [0.2, 0.25) is 0 Å². The Balaban J connectivity index is 2.01. The standard InChI is InChI=1S/C9H10O2S/c10-8-4-1-5-3-7(8)12-6(2-4)9(5)11/h4-7H,1-3H2/t4-,5-,6-,7-/m1/s1. The summed E-state index contributed by atoms with van der Waals surface area (Å²) in [6, 6.07) is 0. The molecule has 0 aromatic carbocycles. The van der Waals surface area contributed by atoms with Crippen LogP contribution in [0.2, 0.25) is 0 Å². The van der Waals surface area contributed by atoms with Gasteiger partial charge in [-0.05, 0) is 19.3 Å². The van der Waals surface area contributed by atoms with Crippen LogP contribution in [0.5, 0.6) is 0 Å². The fraction of sp³-hybridized carbons (Fsp3) is 0.778. The van der Waals surface area contributed by atoms with Crippen molar-refractivity contribution in [3.63, 3.8) is 0 Å². The van der Waals surface area contributed by atoms with E-state index in [0.717, 1.165) is 19.3 Å². The maximum absolute atomic E-state index is 11.5. The van der Waals surface area contributed by atoms with Crippen LogP contribution >= 0.6 is 11.8 Å². The fourth-order valence-corrected chi connectivity index (χ4v) is 4.46. The predicted molar refractivity (Wildman–Crippen MR) is 46.0 cm³/mol. The highest BCUT2D eigenvalue weighted by atomic mass is 32.2. The molecule has 0 unspecified atom stereocenters. The van der Waals surface area contributed by atoms with Gasteiger partial charge >= 0.3 is 0 Å². The highest BCUT2D eigenvalue weighted by Crippen LogP contribution is 2.50. The molecular formula is C9H10O2S. The molecule has 0 spiro atoms. The zero-order valence-corrected chi connectivity index (χ0v) is 7.47. The van der Waals surface area contributed by atoms with Crippen molar-refractivity contribution >= 4 is 23.3 Å². The van der Waals surface area contributed by atoms with Crippen molar-refractivity contribution < 1.29 is 9.59 Å². The quantitative estimate of drug-likeness (QED) is 0.561. The van der Waals surface area contributed by atoms with Crippen LogP contribution in [0.1, 0.15) is 19.3 Å². The van der Waals surface area contributed by atoms with Crippen molar-refractivity contribution in [2.75, 3.05) is 0 Å². The second-order valence-electron chi connectivity index (χ2n) is 4.02. The molecule has 2 nitrogen and oxygen atoms in total. The van der Waals surface area contributed by atoms with Crippen molar-refractivity contribution in [3.8, 4) is 0 Å². The summed E-state index contributed by atoms with van der Waals surface area (Å²) in [5, 5.41) is 0.371. The molecule has 2 aliphatic heterocycles. The summed E-state index contributed by atoms with van der Waals surface area (Å²) < 4.78 is 0. The normalized spacial score (nSPS) is 50.3. The second-order valence-corrected chi connectivity index (χ2v) is 5.43. The highest BCUT2D eigenvalue weighted by molar-refractivity contribution is 8.02. The van der Waals surface area contributed by atoms with Crippen LogP contribution in [0.15, 0.2) is 0 Å². The van der Waals surface area contributed by atoms with Crippen LogP contribution in [-0.4, -0.2) is 22.1 Å². The zero-order chi connectivity index (χ0) is 8.29. The molecule has 0 amide bonds. The molecule has 0 aromatic heterocycles. The van der Waals surface area contributed by atoms with Crippen LogP contribution in [-0.2, 0) is 9.59 Å². The van der Waals surface area contributed by atoms with Crippen LogP contribution in [0.4, 0.5) is 0 Å². The monoisotopic (exact) mass is 182 g/mol. The van der Waals surface area contributed by atoms with E-state index >= 15 is 0 Å². The summed E-state index contributed by atoms with van der Waals surface area (Å²) in [6.07, 6.45) is 2.55. The molecule has 4 atom stereocenters. The molecule has 3 heteroatoms. The molecule has 2 saturated carbocycles. The molecule has 4 rings (SSSR count). The number of Topliss-reactive ketones (excluding diaryl/α,β-unsaturated/α-hetero) is 2. The van der Waals surface area contributed by atoms with Crippen molar-refractivity contribution in [2.45, 2.75) is 29.8 Å². The molecule has 0 N–H and O–H groups in total. The van der Waals surface area contributed by atoms with E-state index in [9.17, 15) is 9.59 Å². The minimum absolute atomic E-state index is 0.185. The maximum atomic E-state index is 11.5. The molecule has 2 heterocycles. The Labute approximate surface area is 75.1 Å². The van der Waals surface area contributed by atoms with Crippen molar-refractivity contribution in [3.05, 3.63) is 0 Å². The summed E-state index contributed by atoms with van der Waals surface area (Å²) in [7, 11) is 0. The van der Waals surface area contributed by atoms with Gasteiger partial charge in [-0.1, -0.05) is 0 Å². The SMILES string of the molecule is O=C1[C@@H]2C[C@@H]3C[C@H]1S[C@H](C2)C3=O. The van der Waals surface area contributed by atoms with Crippen molar-refractivity contribution in [2.24, 2.45) is 11.8 Å². The first kappa shape index (κ1) is 7.13. The van der Waals surface area contributed by atoms with E-state index in [0.29, 0.717) is 11.6 Å². The van der Waals surface area contributed by atoms with Gasteiger partial charge in [-0.3, -0.25) is 9.59 Å². The number of carbonyl (C=O) groups is 2. The molecule has 4 fully saturated rings. The summed E-state index contributed by atoms with van der Waals surface area (Å²) in [5.41, 5.74) is 0. The van der Waals surface area contributed by atoms with Gasteiger partial charge in [0.05, 0.1) is 10.5 Å². The van der Waals surface area contributed by atoms with Gasteiger partial charge in [0.1, 0.15) is 11.6 Å². The van der Waals surface area contributed by atoms with Crippen LogP contribution in [0.25, 0.3) is 0 Å². The van der Waals surface area contributed by atoms with E-state index in [-0.39, 0.29) is 22.3 Å². The maximum Gasteiger partial charge on any atom is 0.149 e. The largest absolute Gasteiger partial charge is 0.298 e. The van der Waals surface area contributed by atoms with Gasteiger partial charge < -0.3 is 0 Å². The Kier molecular flexibility index (Phi) is 1.27. The van der Waals surface area contributed by atoms with E-state index in [1.165, 1.54) is 0 Å². The third-order valence-electron chi connectivity index (χ3n) is 3.33. The molecule has 64 valence electrons. The van der Waals surface area contributed by atoms with E-state index < -0.39 is 0 Å². The van der Waals surface area contributed by atoms with E-state index in [1.54, 1.807) is 11.8 Å². The van der Waals surface area contributed by atoms with Gasteiger partial charge in [-0.25, -0.2) is 0 Å². The Bertz CT molecular complexity index is 214. The number of thioether (sulfide) groups is 1. The molecule has 2 saturated heterocycles. The number of hydrogen-bond acceptors (Lipinski definition) is 3. The zero-order valence-electron chi connectivity index (χ0n) is 6.66. The first-order valence-corrected chi connectivity index (χ1v) is 5.43. The number of ketones is 2. The minimum atomic E-state index is 0.185. The molecular weight excluding hydrogens is 172 g/mol. The number of hydrogen-bond donors (Lipinski definition) is 0. The first-order chi connectivity index (χ1) is 5.75. The average molecular weight is 182 g/mol. The summed E-state index contributed by atoms with van der Waals surface area (Å²) in [6.45, 7) is 0. The number of rotatable bonds is 0. The lowest BCUT2D eigenvalue weighted by atomic mass is 9.70. The summed E-state index contributed by atoms with van der Waals surface area (Å²) in [5.74, 6) is 1.36. The third-order valence-corrected chi connectivity index (χ3v) is 4.84. The predicted octanol–water partition coefficient (Wildman–Crippen LogP) is 1.04. The topological polar surface area (TPSA) is 34.1 Å². The third kappa shape index (κ3) is 0.729. The molecule has 12 heavy (non-hydrogen) atoms. The van der Waals surface area contributed by atoms with Crippen molar-refractivity contribution in [1.29, 1.82) is 0 Å². The summed E-state index contributed by atoms with van der Waals surface area (Å²) >= 11 is 1.62. The smallest absolute Gasteiger partial charge is 0.149 e. The lowest BCUT2D eigenvalue weighted by Gasteiger charge is -2.46. The molecule has 0 radical (unpaired) electrons. The Morgan fingerprint density at radius 1 is 0.917 bits per heavy atom. The Hall–Kier alpha value is -0.310. The first-order valence-electron chi connectivity index (χ1n) is 4.48. The molecule has 2 aliphatic carbocycles. The highest BCUT2D eigenvalue weighted by Gasteiger charge is 2.52. The Morgan fingerprint density at radius 3 is 1.83 bits per heavy atom. The van der Waals surface area contributed by atoms with E-state index in [4.69, 9.17) is 0 Å². The average Bonchev–Trinajstić information content (AvgIpc) is 2.02. The van der Waals surface area contributed by atoms with E-state index in [1.807, 2.05) is 0 Å². The molecule has 4 bridgehead atoms. The Morgan fingerprint density at radius 2 is 1.42 bits per heavy atom. The fourth-order valence-electron chi connectivity index (χ4n) is 2.72. The van der Waals surface area contributed by atoms with E-state index in [2.05, 4.69) is 0 Å². The van der Waals surface area contributed by atoms with Crippen LogP contribution in [0, 0.1) is 11.8 Å². The van der Waals surface area contributed by atoms with Gasteiger partial charge in [-0.2, -0.15) is 0 Å². The van der Waals surface area contributed by atoms with Crippen LogP contribution in [0.3, 0.4) is 0 Å². The number of carbonyl (C=O) groups excluding carboxylic acids is 2. The van der Waals surface area contributed by atoms with Gasteiger partial charge in [-0.15, -0.1) is 11.8 Å². The molecule has 0 aromatic rings. The molecule has 4 aliphatic rings. The summed E-state index contributed by atoms with van der Waals surface area (Å²) in [4.78, 5) is 23.1. The lowest BCUT2D eigenvalue weighted by molar-refractivity contribution is -0.134. The van der Waals surface area contributed by atoms with Gasteiger partial charge in [0, 0.05) is 11.8 Å².